The van der Waals surface area contributed by atoms with Gasteiger partial charge < -0.3 is 0 Å². The molecule has 0 spiro atoms. The Labute approximate surface area is 143 Å². The van der Waals surface area contributed by atoms with Gasteiger partial charge in [-0.25, -0.2) is 0 Å². The van der Waals surface area contributed by atoms with Crippen LogP contribution in [0.5, 0.6) is 0 Å². The molecule has 0 radical (unpaired) electrons. The van der Waals surface area contributed by atoms with Crippen LogP contribution in [-0.2, 0) is 0 Å². The van der Waals surface area contributed by atoms with Gasteiger partial charge in [-0.2, -0.15) is 0 Å². The first-order valence-electron chi connectivity index (χ1n) is 7.94. The molecule has 0 N–H and O–H groups in total. The van der Waals surface area contributed by atoms with E-state index in [1.54, 1.807) is 0 Å². The van der Waals surface area contributed by atoms with Gasteiger partial charge in [0.25, 0.3) is 0 Å². The second kappa shape index (κ2) is 7.53. The minimum absolute atomic E-state index is 0.975. The Hall–Kier alpha value is -1.98. The molecule has 0 amide bonds. The summed E-state index contributed by atoms with van der Waals surface area (Å²) in [5.41, 5.74) is 0. The summed E-state index contributed by atoms with van der Waals surface area (Å²) in [7, 11) is 0. The summed E-state index contributed by atoms with van der Waals surface area (Å²) >= 11 is -3.08. The van der Waals surface area contributed by atoms with Crippen molar-refractivity contribution in [1.29, 1.82) is 0 Å². The van der Waals surface area contributed by atoms with Gasteiger partial charge in [-0.15, -0.1) is 0 Å². The van der Waals surface area contributed by atoms with Crippen molar-refractivity contribution in [3.05, 3.63) is 91.0 Å². The van der Waals surface area contributed by atoms with Crippen molar-refractivity contribution >= 4 is 29.1 Å². The van der Waals surface area contributed by atoms with Crippen LogP contribution >= 0.6 is 0 Å². The molecule has 0 aliphatic rings. The van der Waals surface area contributed by atoms with Crippen LogP contribution in [0.3, 0.4) is 0 Å². The summed E-state index contributed by atoms with van der Waals surface area (Å²) in [6.45, 7) is 1.94. The van der Waals surface area contributed by atoms with E-state index in [0.29, 0.717) is 0 Å². The Kier molecular flexibility index (Phi) is 5.20. The van der Waals surface area contributed by atoms with Crippen LogP contribution in [0.4, 0.5) is 0 Å². The molecule has 1 heteroatoms. The molecule has 3 rings (SSSR count). The molecule has 0 aromatic heterocycles. The standard InChI is InChI=1S/3C6H5.C4H5.Sn/c3*1-2-4-6-5-3-1;1-3-4-2;/h3*1-5H;1H2,2H3;. The fraction of sp³-hybridized carbons (Fsp3) is 0.0909. The van der Waals surface area contributed by atoms with Gasteiger partial charge in [-0.3, -0.25) is 0 Å². The zero-order valence-electron chi connectivity index (χ0n) is 13.4. The van der Waals surface area contributed by atoms with E-state index in [2.05, 4.69) is 103 Å². The summed E-state index contributed by atoms with van der Waals surface area (Å²) in [5.74, 6) is 6.56. The van der Waals surface area contributed by atoms with Crippen molar-refractivity contribution in [3.8, 4) is 11.8 Å². The molecule has 0 heterocycles. The second-order valence-electron chi connectivity index (χ2n) is 5.61. The number of rotatable bonds is 4. The first kappa shape index (κ1) is 15.9. The van der Waals surface area contributed by atoms with Gasteiger partial charge in [-0.1, -0.05) is 0 Å². The summed E-state index contributed by atoms with van der Waals surface area (Å²) in [6, 6.07) is 33.0. The molecule has 0 saturated carbocycles. The molecule has 0 nitrogen and oxygen atoms in total. The van der Waals surface area contributed by atoms with Crippen molar-refractivity contribution in [1.82, 2.24) is 0 Å². The molecule has 0 saturated heterocycles. The molecule has 0 bridgehead atoms. The molecular weight excluding hydrogens is 383 g/mol. The molecule has 0 fully saturated rings. The average Bonchev–Trinajstić information content (AvgIpc) is 2.65. The molecule has 112 valence electrons. The Balaban J connectivity index is 2.31. The molecule has 0 aliphatic carbocycles. The van der Waals surface area contributed by atoms with E-state index in [1.165, 1.54) is 10.7 Å². The zero-order valence-corrected chi connectivity index (χ0v) is 16.2. The molecular formula is C22H20Sn. The maximum absolute atomic E-state index is 3.43. The van der Waals surface area contributed by atoms with E-state index in [1.807, 2.05) is 6.92 Å². The third kappa shape index (κ3) is 3.21. The summed E-state index contributed by atoms with van der Waals surface area (Å²) in [6.07, 6.45) is 0. The van der Waals surface area contributed by atoms with Crippen molar-refractivity contribution in [3.63, 3.8) is 0 Å². The van der Waals surface area contributed by atoms with E-state index in [9.17, 15) is 0 Å². The van der Waals surface area contributed by atoms with E-state index in [0.717, 1.165) is 4.44 Å². The normalized spacial score (nSPS) is 10.7. The minimum atomic E-state index is -3.08. The van der Waals surface area contributed by atoms with Crippen LogP contribution in [-0.4, -0.2) is 18.4 Å². The van der Waals surface area contributed by atoms with Gasteiger partial charge >= 0.3 is 143 Å². The fourth-order valence-corrected chi connectivity index (χ4v) is 15.6. The molecule has 3 aromatic carbocycles. The molecule has 0 atom stereocenters. The Morgan fingerprint density at radius 1 is 0.609 bits per heavy atom. The number of hydrogen-bond donors (Lipinski definition) is 0. The van der Waals surface area contributed by atoms with Gasteiger partial charge in [-0.05, 0) is 0 Å². The predicted octanol–water partition coefficient (Wildman–Crippen LogP) is 3.18. The van der Waals surface area contributed by atoms with Crippen LogP contribution in [0.1, 0.15) is 6.92 Å². The van der Waals surface area contributed by atoms with Crippen molar-refractivity contribution < 1.29 is 0 Å². The SMILES string of the molecule is CC#C[CH2][Sn]([c]1ccccc1)([c]1ccccc1)[c]1ccccc1. The Bertz CT molecular complexity index is 699. The molecule has 0 unspecified atom stereocenters. The quantitative estimate of drug-likeness (QED) is 0.464. The van der Waals surface area contributed by atoms with E-state index in [-0.39, 0.29) is 0 Å². The molecule has 3 aromatic rings. The van der Waals surface area contributed by atoms with Gasteiger partial charge in [0.1, 0.15) is 0 Å². The van der Waals surface area contributed by atoms with E-state index < -0.39 is 18.4 Å². The van der Waals surface area contributed by atoms with Crippen LogP contribution in [0.2, 0.25) is 4.44 Å². The van der Waals surface area contributed by atoms with E-state index >= 15 is 0 Å². The Morgan fingerprint density at radius 2 is 0.957 bits per heavy atom. The van der Waals surface area contributed by atoms with Gasteiger partial charge in [0.2, 0.25) is 0 Å². The topological polar surface area (TPSA) is 0 Å². The second-order valence-corrected chi connectivity index (χ2v) is 16.7. The fourth-order valence-electron chi connectivity index (χ4n) is 3.20. The third-order valence-corrected chi connectivity index (χ3v) is 17.6. The predicted molar refractivity (Wildman–Crippen MR) is 102 cm³/mol. The van der Waals surface area contributed by atoms with Gasteiger partial charge in [0.05, 0.1) is 0 Å². The van der Waals surface area contributed by atoms with Gasteiger partial charge in [0.15, 0.2) is 0 Å². The Morgan fingerprint density at radius 3 is 1.26 bits per heavy atom. The summed E-state index contributed by atoms with van der Waals surface area (Å²) < 4.78 is 5.44. The number of benzene rings is 3. The third-order valence-electron chi connectivity index (χ3n) is 4.33. The first-order chi connectivity index (χ1) is 11.4. The summed E-state index contributed by atoms with van der Waals surface area (Å²) in [5, 5.41) is 0. The number of hydrogen-bond acceptors (Lipinski definition) is 0. The van der Waals surface area contributed by atoms with Crippen molar-refractivity contribution in [2.24, 2.45) is 0 Å². The average molecular weight is 403 g/mol. The van der Waals surface area contributed by atoms with Crippen molar-refractivity contribution in [2.45, 2.75) is 11.4 Å². The van der Waals surface area contributed by atoms with Crippen LogP contribution in [0.15, 0.2) is 91.0 Å². The van der Waals surface area contributed by atoms with E-state index in [4.69, 9.17) is 0 Å². The van der Waals surface area contributed by atoms with Crippen LogP contribution in [0, 0.1) is 11.8 Å². The zero-order chi connectivity index (χ0) is 16.0. The first-order valence-corrected chi connectivity index (χ1v) is 14.2. The summed E-state index contributed by atoms with van der Waals surface area (Å²) in [4.78, 5) is 0. The van der Waals surface area contributed by atoms with Crippen LogP contribution in [0.25, 0.3) is 0 Å². The van der Waals surface area contributed by atoms with Crippen molar-refractivity contribution in [2.75, 3.05) is 0 Å². The molecule has 23 heavy (non-hydrogen) atoms. The molecule has 0 aliphatic heterocycles. The monoisotopic (exact) mass is 404 g/mol. The van der Waals surface area contributed by atoms with Crippen LogP contribution < -0.4 is 10.7 Å². The maximum atomic E-state index is 3.43. The van der Waals surface area contributed by atoms with Gasteiger partial charge in [0, 0.05) is 0 Å².